The van der Waals surface area contributed by atoms with E-state index in [0.29, 0.717) is 0 Å². The zero-order valence-corrected chi connectivity index (χ0v) is 22.1. The van der Waals surface area contributed by atoms with Gasteiger partial charge >= 0.3 is 0 Å². The van der Waals surface area contributed by atoms with Crippen LogP contribution in [0.3, 0.4) is 0 Å². The van der Waals surface area contributed by atoms with Crippen molar-refractivity contribution in [2.75, 3.05) is 0 Å². The molecule has 0 spiro atoms. The summed E-state index contributed by atoms with van der Waals surface area (Å²) in [7, 11) is -0.172. The van der Waals surface area contributed by atoms with Crippen molar-refractivity contribution in [2.24, 2.45) is 0 Å². The van der Waals surface area contributed by atoms with E-state index < -0.39 is 0 Å². The fourth-order valence-corrected chi connectivity index (χ4v) is 5.63. The molecule has 32 heavy (non-hydrogen) atoms. The van der Waals surface area contributed by atoms with Gasteiger partial charge in [0.25, 0.3) is 0 Å². The molecule has 2 heteroatoms. The predicted molar refractivity (Wildman–Crippen MR) is 139 cm³/mol. The number of rotatable bonds is 4. The van der Waals surface area contributed by atoms with Crippen molar-refractivity contribution in [1.82, 2.24) is 0 Å². The van der Waals surface area contributed by atoms with E-state index in [0.717, 1.165) is 5.75 Å². The van der Waals surface area contributed by atoms with Gasteiger partial charge in [-0.25, -0.2) is 0 Å². The lowest BCUT2D eigenvalue weighted by Crippen LogP contribution is -2.22. The normalized spacial score (nSPS) is 12.8. The Morgan fingerprint density at radius 1 is 0.469 bits per heavy atom. The van der Waals surface area contributed by atoms with Crippen LogP contribution in [-0.2, 0) is 21.7 Å². The largest absolute Gasteiger partial charge is 0.488 e. The van der Waals surface area contributed by atoms with Crippen LogP contribution in [0.25, 0.3) is 0 Å². The second kappa shape index (κ2) is 8.98. The van der Waals surface area contributed by atoms with Gasteiger partial charge in [0, 0.05) is 0 Å². The molecule has 3 aromatic rings. The van der Waals surface area contributed by atoms with E-state index in [-0.39, 0.29) is 27.3 Å². The van der Waals surface area contributed by atoms with E-state index >= 15 is 0 Å². The molecule has 0 unspecified atom stereocenters. The Balaban J connectivity index is 2.03. The van der Waals surface area contributed by atoms with Crippen molar-refractivity contribution < 1.29 is 4.74 Å². The van der Waals surface area contributed by atoms with E-state index in [1.807, 2.05) is 0 Å². The summed E-state index contributed by atoms with van der Waals surface area (Å²) >= 11 is 0. The van der Waals surface area contributed by atoms with Gasteiger partial charge in [0.05, 0.1) is 10.9 Å². The lowest BCUT2D eigenvalue weighted by molar-refractivity contribution is 0.131. The predicted octanol–water partition coefficient (Wildman–Crippen LogP) is 8.55. The highest BCUT2D eigenvalue weighted by Crippen LogP contribution is 2.35. The highest BCUT2D eigenvalue weighted by Gasteiger charge is 2.30. The summed E-state index contributed by atoms with van der Waals surface area (Å²) in [5, 5.41) is 0. The minimum atomic E-state index is -0.200. The molecule has 0 amide bonds. The van der Waals surface area contributed by atoms with Gasteiger partial charge < -0.3 is 4.74 Å². The zero-order chi connectivity index (χ0) is 23.7. The maximum absolute atomic E-state index is 6.06. The summed E-state index contributed by atoms with van der Waals surface area (Å²) in [6.45, 7) is 19.8. The number of ether oxygens (including phenoxy) is 1. The van der Waals surface area contributed by atoms with E-state index in [1.165, 1.54) is 25.8 Å². The summed E-state index contributed by atoms with van der Waals surface area (Å²) in [6.07, 6.45) is 0. The van der Waals surface area contributed by atoms with Crippen LogP contribution < -0.4 is 4.74 Å². The molecule has 1 nitrogen and oxygen atoms in total. The van der Waals surface area contributed by atoms with Crippen molar-refractivity contribution >= 4 is 10.9 Å². The second-order valence-electron chi connectivity index (χ2n) is 11.5. The van der Waals surface area contributed by atoms with Crippen LogP contribution in [0.15, 0.2) is 87.5 Å². The Morgan fingerprint density at radius 3 is 1.06 bits per heavy atom. The maximum Gasteiger partial charge on any atom is 0.166 e. The van der Waals surface area contributed by atoms with Gasteiger partial charge in [-0.15, -0.1) is 0 Å². The Hall–Kier alpha value is -2.19. The summed E-state index contributed by atoms with van der Waals surface area (Å²) in [5.41, 5.74) is 2.83. The van der Waals surface area contributed by atoms with Gasteiger partial charge in [-0.05, 0) is 91.3 Å². The highest BCUT2D eigenvalue weighted by molar-refractivity contribution is 7.97. The molecule has 3 aromatic carbocycles. The molecule has 0 radical (unpaired) electrons. The lowest BCUT2D eigenvalue weighted by Gasteiger charge is -2.21. The summed E-state index contributed by atoms with van der Waals surface area (Å²) < 4.78 is 6.06. The number of benzene rings is 3. The maximum atomic E-state index is 6.06. The van der Waals surface area contributed by atoms with Crippen LogP contribution in [-0.4, -0.2) is 5.60 Å². The molecular formula is C30H39OS+. The Morgan fingerprint density at radius 2 is 0.781 bits per heavy atom. The minimum absolute atomic E-state index is 0.150. The fraction of sp³-hybridized carbons (Fsp3) is 0.400. The van der Waals surface area contributed by atoms with Crippen molar-refractivity contribution in [3.8, 4) is 5.75 Å². The van der Waals surface area contributed by atoms with Crippen molar-refractivity contribution in [3.63, 3.8) is 0 Å². The smallest absolute Gasteiger partial charge is 0.166 e. The lowest BCUT2D eigenvalue weighted by atomic mass is 9.87. The Labute approximate surface area is 198 Å². The minimum Gasteiger partial charge on any atom is -0.488 e. The molecule has 0 aliphatic rings. The van der Waals surface area contributed by atoms with Crippen LogP contribution >= 0.6 is 0 Å². The first-order chi connectivity index (χ1) is 14.7. The third kappa shape index (κ3) is 6.19. The van der Waals surface area contributed by atoms with Gasteiger partial charge in [-0.2, -0.15) is 0 Å². The van der Waals surface area contributed by atoms with Gasteiger partial charge in [0.1, 0.15) is 11.4 Å². The molecule has 0 heterocycles. The standard InChI is InChI=1S/C30H39OS/c1-28(2,3)22-10-16-25(17-11-22)32(26-18-12-23(13-19-26)29(4,5)6)27-20-14-24(15-21-27)31-30(7,8)9/h10-21H,1-9H3/q+1. The van der Waals surface area contributed by atoms with E-state index in [4.69, 9.17) is 4.74 Å². The summed E-state index contributed by atoms with van der Waals surface area (Å²) in [6, 6.07) is 27.0. The molecule has 170 valence electrons. The first-order valence-corrected chi connectivity index (χ1v) is 12.7. The third-order valence-corrected chi connectivity index (χ3v) is 7.63. The highest BCUT2D eigenvalue weighted by atomic mass is 32.2. The molecule has 0 N–H and O–H groups in total. The molecule has 0 aliphatic heterocycles. The average Bonchev–Trinajstić information content (AvgIpc) is 2.68. The van der Waals surface area contributed by atoms with E-state index in [1.54, 1.807) is 0 Å². The second-order valence-corrected chi connectivity index (χ2v) is 13.6. The third-order valence-electron chi connectivity index (χ3n) is 5.40. The molecular weight excluding hydrogens is 408 g/mol. The molecule has 0 atom stereocenters. The van der Waals surface area contributed by atoms with Crippen LogP contribution in [0.2, 0.25) is 0 Å². The van der Waals surface area contributed by atoms with Crippen LogP contribution in [0, 0.1) is 0 Å². The first kappa shape index (κ1) is 24.5. The number of hydrogen-bond donors (Lipinski definition) is 0. The molecule has 0 saturated heterocycles. The van der Waals surface area contributed by atoms with Gasteiger partial charge in [0.2, 0.25) is 0 Å². The SMILES string of the molecule is CC(C)(C)Oc1ccc([S+](c2ccc(C(C)(C)C)cc2)c2ccc(C(C)(C)C)cc2)cc1. The average molecular weight is 448 g/mol. The van der Waals surface area contributed by atoms with Crippen LogP contribution in [0.4, 0.5) is 0 Å². The summed E-state index contributed by atoms with van der Waals surface area (Å²) in [5.74, 6) is 0.913. The molecule has 0 aliphatic carbocycles. The van der Waals surface area contributed by atoms with Gasteiger partial charge in [-0.1, -0.05) is 65.8 Å². The Bertz CT molecular complexity index is 952. The topological polar surface area (TPSA) is 9.23 Å². The van der Waals surface area contributed by atoms with E-state index in [9.17, 15) is 0 Å². The molecule has 0 bridgehead atoms. The molecule has 0 aromatic heterocycles. The zero-order valence-electron chi connectivity index (χ0n) is 21.2. The van der Waals surface area contributed by atoms with Crippen molar-refractivity contribution in [3.05, 3.63) is 83.9 Å². The molecule has 0 saturated carbocycles. The quantitative estimate of drug-likeness (QED) is 0.364. The first-order valence-electron chi connectivity index (χ1n) is 11.5. The van der Waals surface area contributed by atoms with Crippen molar-refractivity contribution in [1.29, 1.82) is 0 Å². The monoisotopic (exact) mass is 447 g/mol. The van der Waals surface area contributed by atoms with Gasteiger partial charge in [0.15, 0.2) is 14.7 Å². The van der Waals surface area contributed by atoms with Crippen molar-refractivity contribution in [2.45, 2.75) is 93.4 Å². The van der Waals surface area contributed by atoms with Crippen LogP contribution in [0.5, 0.6) is 5.75 Å². The Kier molecular flexibility index (Phi) is 6.86. The fourth-order valence-electron chi connectivity index (χ4n) is 3.59. The van der Waals surface area contributed by atoms with Crippen LogP contribution in [0.1, 0.15) is 73.4 Å². The molecule has 3 rings (SSSR count). The number of hydrogen-bond acceptors (Lipinski definition) is 1. The molecule has 0 fully saturated rings. The summed E-state index contributed by atoms with van der Waals surface area (Å²) in [4.78, 5) is 3.98. The van der Waals surface area contributed by atoms with Gasteiger partial charge in [-0.3, -0.25) is 0 Å². The van der Waals surface area contributed by atoms with E-state index in [2.05, 4.69) is 135 Å².